The molecule has 0 spiro atoms. The van der Waals surface area contributed by atoms with E-state index in [1.165, 1.54) is 5.69 Å². The van der Waals surface area contributed by atoms with E-state index < -0.39 is 0 Å². The molecule has 0 unspecified atom stereocenters. The third-order valence-corrected chi connectivity index (χ3v) is 4.08. The highest BCUT2D eigenvalue weighted by atomic mass is 16.5. The van der Waals surface area contributed by atoms with Gasteiger partial charge in [-0.1, -0.05) is 12.1 Å². The summed E-state index contributed by atoms with van der Waals surface area (Å²) in [6, 6.07) is 10.0. The number of aromatic nitrogens is 2. The molecule has 0 atom stereocenters. The van der Waals surface area contributed by atoms with Gasteiger partial charge in [-0.15, -0.1) is 0 Å². The van der Waals surface area contributed by atoms with Gasteiger partial charge in [-0.3, -0.25) is 4.90 Å². The molecule has 23 heavy (non-hydrogen) atoms. The molecule has 6 heteroatoms. The number of ether oxygens (including phenoxy) is 1. The Balaban J connectivity index is 1.45. The maximum Gasteiger partial charge on any atom is 0.222 e. The van der Waals surface area contributed by atoms with Crippen LogP contribution in [0.1, 0.15) is 0 Å². The number of benzene rings is 1. The molecule has 1 aromatic carbocycles. The van der Waals surface area contributed by atoms with Crippen molar-refractivity contribution in [3.05, 3.63) is 42.7 Å². The minimum absolute atomic E-state index is 0.695. The second-order valence-corrected chi connectivity index (χ2v) is 5.50. The summed E-state index contributed by atoms with van der Waals surface area (Å²) >= 11 is 0. The quantitative estimate of drug-likeness (QED) is 0.876. The number of nitrogens with zero attached hydrogens (tertiary/aromatic N) is 4. The van der Waals surface area contributed by atoms with Gasteiger partial charge >= 0.3 is 0 Å². The summed E-state index contributed by atoms with van der Waals surface area (Å²) in [6.07, 6.45) is 3.50. The van der Waals surface area contributed by atoms with Gasteiger partial charge in [0.15, 0.2) is 0 Å². The Hall–Kier alpha value is -2.34. The van der Waals surface area contributed by atoms with Crippen LogP contribution in [0.2, 0.25) is 0 Å². The van der Waals surface area contributed by atoms with Crippen LogP contribution in [0.15, 0.2) is 42.7 Å². The monoisotopic (exact) mass is 313 g/mol. The first-order valence-corrected chi connectivity index (χ1v) is 7.98. The van der Waals surface area contributed by atoms with Gasteiger partial charge in [0.1, 0.15) is 5.75 Å². The van der Waals surface area contributed by atoms with Gasteiger partial charge in [0.25, 0.3) is 0 Å². The molecule has 2 aromatic rings. The van der Waals surface area contributed by atoms with Crippen LogP contribution in [-0.2, 0) is 0 Å². The zero-order valence-electron chi connectivity index (χ0n) is 13.5. The van der Waals surface area contributed by atoms with Crippen molar-refractivity contribution in [1.29, 1.82) is 0 Å². The van der Waals surface area contributed by atoms with E-state index in [1.807, 2.05) is 18.2 Å². The maximum absolute atomic E-state index is 5.46. The van der Waals surface area contributed by atoms with Gasteiger partial charge in [0.05, 0.1) is 12.8 Å². The number of hydrogen-bond donors (Lipinski definition) is 1. The molecular weight excluding hydrogens is 290 g/mol. The largest absolute Gasteiger partial charge is 0.495 e. The Kier molecular flexibility index (Phi) is 5.26. The zero-order valence-corrected chi connectivity index (χ0v) is 13.5. The van der Waals surface area contributed by atoms with E-state index in [1.54, 1.807) is 19.5 Å². The molecule has 0 amide bonds. The number of anilines is 2. The molecule has 6 nitrogen and oxygen atoms in total. The second-order valence-electron chi connectivity index (χ2n) is 5.50. The molecule has 122 valence electrons. The van der Waals surface area contributed by atoms with Crippen molar-refractivity contribution in [3.8, 4) is 5.75 Å². The molecule has 1 aliphatic heterocycles. The molecule has 0 radical (unpaired) electrons. The lowest BCUT2D eigenvalue weighted by Crippen LogP contribution is -2.47. The van der Waals surface area contributed by atoms with Crippen molar-refractivity contribution >= 4 is 11.6 Å². The van der Waals surface area contributed by atoms with Crippen molar-refractivity contribution in [1.82, 2.24) is 14.9 Å². The van der Waals surface area contributed by atoms with Crippen LogP contribution in [0.4, 0.5) is 11.6 Å². The number of rotatable bonds is 6. The zero-order chi connectivity index (χ0) is 15.9. The molecule has 1 fully saturated rings. The average Bonchev–Trinajstić information content (AvgIpc) is 2.63. The lowest BCUT2D eigenvalue weighted by molar-refractivity contribution is 0.266. The summed E-state index contributed by atoms with van der Waals surface area (Å²) in [7, 11) is 1.73. The Morgan fingerprint density at radius 2 is 1.78 bits per heavy atom. The van der Waals surface area contributed by atoms with Crippen LogP contribution < -0.4 is 15.0 Å². The van der Waals surface area contributed by atoms with Crippen molar-refractivity contribution in [2.24, 2.45) is 0 Å². The molecule has 1 saturated heterocycles. The third-order valence-electron chi connectivity index (χ3n) is 4.08. The van der Waals surface area contributed by atoms with Crippen molar-refractivity contribution in [2.75, 3.05) is 56.6 Å². The number of methoxy groups -OCH3 is 1. The number of nitrogens with one attached hydrogen (secondary N) is 1. The first kappa shape index (κ1) is 15.6. The highest BCUT2D eigenvalue weighted by molar-refractivity contribution is 5.58. The summed E-state index contributed by atoms with van der Waals surface area (Å²) in [6.45, 7) is 5.99. The Labute approximate surface area is 137 Å². The van der Waals surface area contributed by atoms with Crippen LogP contribution in [0.5, 0.6) is 5.75 Å². The first-order chi connectivity index (χ1) is 11.4. The lowest BCUT2D eigenvalue weighted by Gasteiger charge is -2.36. The highest BCUT2D eigenvalue weighted by Gasteiger charge is 2.19. The number of piperazine rings is 1. The van der Waals surface area contributed by atoms with E-state index in [4.69, 9.17) is 4.74 Å². The van der Waals surface area contributed by atoms with Crippen LogP contribution >= 0.6 is 0 Å². The van der Waals surface area contributed by atoms with E-state index in [0.29, 0.717) is 5.95 Å². The molecule has 0 bridgehead atoms. The number of hydrogen-bond acceptors (Lipinski definition) is 6. The fourth-order valence-corrected chi connectivity index (χ4v) is 2.82. The van der Waals surface area contributed by atoms with E-state index in [0.717, 1.165) is 45.0 Å². The number of para-hydroxylation sites is 2. The standard InChI is InChI=1S/C17H23N5O/c1-23-16-6-3-2-5-15(16)22-13-11-21(12-14-22)10-9-20-17-18-7-4-8-19-17/h2-8H,9-14H2,1H3,(H,18,19,20). The van der Waals surface area contributed by atoms with Crippen molar-refractivity contribution in [2.45, 2.75) is 0 Å². The fourth-order valence-electron chi connectivity index (χ4n) is 2.82. The maximum atomic E-state index is 5.46. The van der Waals surface area contributed by atoms with E-state index in [-0.39, 0.29) is 0 Å². The van der Waals surface area contributed by atoms with Gasteiger partial charge in [-0.05, 0) is 18.2 Å². The lowest BCUT2D eigenvalue weighted by atomic mass is 10.2. The minimum Gasteiger partial charge on any atom is -0.495 e. The van der Waals surface area contributed by atoms with Gasteiger partial charge in [0.2, 0.25) is 5.95 Å². The van der Waals surface area contributed by atoms with Gasteiger partial charge in [-0.25, -0.2) is 9.97 Å². The summed E-state index contributed by atoms with van der Waals surface area (Å²) < 4.78 is 5.46. The van der Waals surface area contributed by atoms with Crippen LogP contribution in [0.25, 0.3) is 0 Å². The van der Waals surface area contributed by atoms with Crippen LogP contribution in [0.3, 0.4) is 0 Å². The van der Waals surface area contributed by atoms with Crippen LogP contribution in [-0.4, -0.2) is 61.2 Å². The Bertz CT molecular complexity index is 599. The molecule has 1 aliphatic rings. The summed E-state index contributed by atoms with van der Waals surface area (Å²) in [4.78, 5) is 13.2. The summed E-state index contributed by atoms with van der Waals surface area (Å²) in [5.41, 5.74) is 1.19. The topological polar surface area (TPSA) is 53.5 Å². The fraction of sp³-hybridized carbons (Fsp3) is 0.412. The SMILES string of the molecule is COc1ccccc1N1CCN(CCNc2ncccn2)CC1. The van der Waals surface area contributed by atoms with Crippen molar-refractivity contribution < 1.29 is 4.74 Å². The van der Waals surface area contributed by atoms with E-state index in [9.17, 15) is 0 Å². The molecule has 0 saturated carbocycles. The van der Waals surface area contributed by atoms with Gasteiger partial charge < -0.3 is 15.0 Å². The first-order valence-electron chi connectivity index (χ1n) is 7.98. The predicted octanol–water partition coefficient (Wildman–Crippen LogP) is 1.72. The van der Waals surface area contributed by atoms with Crippen LogP contribution in [0, 0.1) is 0 Å². The van der Waals surface area contributed by atoms with Gasteiger partial charge in [0, 0.05) is 51.7 Å². The van der Waals surface area contributed by atoms with E-state index >= 15 is 0 Å². The summed E-state index contributed by atoms with van der Waals surface area (Å²) in [5, 5.41) is 3.26. The van der Waals surface area contributed by atoms with Gasteiger partial charge in [-0.2, -0.15) is 0 Å². The Morgan fingerprint density at radius 1 is 1.04 bits per heavy atom. The summed E-state index contributed by atoms with van der Waals surface area (Å²) in [5.74, 6) is 1.64. The Morgan fingerprint density at radius 3 is 2.52 bits per heavy atom. The molecule has 3 rings (SSSR count). The minimum atomic E-state index is 0.695. The normalized spacial score (nSPS) is 15.4. The molecule has 1 aromatic heterocycles. The molecule has 2 heterocycles. The second kappa shape index (κ2) is 7.78. The average molecular weight is 313 g/mol. The third kappa shape index (κ3) is 4.10. The highest BCUT2D eigenvalue weighted by Crippen LogP contribution is 2.28. The smallest absolute Gasteiger partial charge is 0.222 e. The molecule has 0 aliphatic carbocycles. The molecular formula is C17H23N5O. The predicted molar refractivity (Wildman–Crippen MR) is 92.2 cm³/mol. The molecule has 1 N–H and O–H groups in total. The van der Waals surface area contributed by atoms with E-state index in [2.05, 4.69) is 37.2 Å². The van der Waals surface area contributed by atoms with Crippen molar-refractivity contribution in [3.63, 3.8) is 0 Å².